The number of aryl methyl sites for hydroxylation is 1. The molecule has 1 saturated carbocycles. The maximum absolute atomic E-state index is 5.44. The van der Waals surface area contributed by atoms with Crippen LogP contribution in [0.15, 0.2) is 6.33 Å². The molecule has 5 heteroatoms. The third-order valence-electron chi connectivity index (χ3n) is 3.27. The van der Waals surface area contributed by atoms with E-state index < -0.39 is 0 Å². The molecule has 1 fully saturated rings. The van der Waals surface area contributed by atoms with Crippen LogP contribution in [-0.2, 0) is 17.8 Å². The van der Waals surface area contributed by atoms with Crippen LogP contribution in [-0.4, -0.2) is 34.0 Å². The van der Waals surface area contributed by atoms with Crippen LogP contribution >= 0.6 is 0 Å². The molecule has 0 radical (unpaired) electrons. The van der Waals surface area contributed by atoms with Gasteiger partial charge in [-0.2, -0.15) is 5.10 Å². The lowest BCUT2D eigenvalue weighted by atomic mass is 10.2. The van der Waals surface area contributed by atoms with Gasteiger partial charge in [0.2, 0.25) is 0 Å². The molecule has 2 rings (SSSR count). The van der Waals surface area contributed by atoms with Crippen LogP contribution in [0.25, 0.3) is 0 Å². The van der Waals surface area contributed by atoms with Gasteiger partial charge >= 0.3 is 0 Å². The molecular formula is C11H20N4O. The summed E-state index contributed by atoms with van der Waals surface area (Å²) in [5.41, 5.74) is 0. The smallest absolute Gasteiger partial charge is 0.140 e. The van der Waals surface area contributed by atoms with E-state index in [0.717, 1.165) is 25.3 Å². The molecule has 1 aliphatic rings. The lowest BCUT2D eigenvalue weighted by Crippen LogP contribution is -2.36. The second-order valence-electron chi connectivity index (χ2n) is 4.18. The Morgan fingerprint density at radius 3 is 3.19 bits per heavy atom. The predicted molar refractivity (Wildman–Crippen MR) is 61.0 cm³/mol. The molecule has 0 saturated heterocycles. The van der Waals surface area contributed by atoms with Crippen molar-refractivity contribution in [3.63, 3.8) is 0 Å². The third-order valence-corrected chi connectivity index (χ3v) is 3.27. The average Bonchev–Trinajstić information content (AvgIpc) is 2.94. The van der Waals surface area contributed by atoms with Crippen LogP contribution in [0.5, 0.6) is 0 Å². The van der Waals surface area contributed by atoms with Crippen molar-refractivity contribution in [2.45, 2.75) is 51.4 Å². The van der Waals surface area contributed by atoms with Crippen LogP contribution in [0, 0.1) is 0 Å². The summed E-state index contributed by atoms with van der Waals surface area (Å²) in [6.45, 7) is 3.72. The van der Waals surface area contributed by atoms with Crippen molar-refractivity contribution >= 4 is 0 Å². The Bertz CT molecular complexity index is 326. The van der Waals surface area contributed by atoms with Gasteiger partial charge in [-0.1, -0.05) is 0 Å². The normalized spacial score (nSPS) is 25.1. The van der Waals surface area contributed by atoms with E-state index in [0.29, 0.717) is 12.1 Å². The first-order chi connectivity index (χ1) is 7.85. The number of hydrogen-bond donors (Lipinski definition) is 1. The quantitative estimate of drug-likeness (QED) is 0.809. The maximum Gasteiger partial charge on any atom is 0.140 e. The molecule has 1 aromatic rings. The second-order valence-corrected chi connectivity index (χ2v) is 4.18. The summed E-state index contributed by atoms with van der Waals surface area (Å²) in [6.07, 6.45) is 5.57. The first-order valence-electron chi connectivity index (χ1n) is 5.98. The van der Waals surface area contributed by atoms with Gasteiger partial charge in [0.05, 0.1) is 12.6 Å². The number of hydrogen-bond acceptors (Lipinski definition) is 4. The summed E-state index contributed by atoms with van der Waals surface area (Å²) in [5.74, 6) is 1.00. The van der Waals surface area contributed by atoms with E-state index in [9.17, 15) is 0 Å². The Kier molecular flexibility index (Phi) is 3.90. The van der Waals surface area contributed by atoms with Crippen molar-refractivity contribution in [2.75, 3.05) is 7.11 Å². The number of methoxy groups -OCH3 is 1. The van der Waals surface area contributed by atoms with E-state index >= 15 is 0 Å². The third kappa shape index (κ3) is 2.41. The van der Waals surface area contributed by atoms with Gasteiger partial charge in [-0.05, 0) is 26.2 Å². The van der Waals surface area contributed by atoms with Gasteiger partial charge in [0, 0.05) is 19.7 Å². The van der Waals surface area contributed by atoms with Gasteiger partial charge in [0.1, 0.15) is 12.2 Å². The second kappa shape index (κ2) is 5.41. The fourth-order valence-electron chi connectivity index (χ4n) is 2.35. The minimum atomic E-state index is 0.359. The first kappa shape index (κ1) is 11.5. The molecule has 0 amide bonds. The molecule has 1 aliphatic carbocycles. The van der Waals surface area contributed by atoms with E-state index in [1.807, 2.05) is 4.68 Å². The van der Waals surface area contributed by atoms with Crippen molar-refractivity contribution < 1.29 is 4.74 Å². The summed E-state index contributed by atoms with van der Waals surface area (Å²) in [6, 6.07) is 0.465. The SMILES string of the molecule is CCn1ncnc1CNC1CCCC1OC. The molecule has 0 aromatic carbocycles. The number of aromatic nitrogens is 3. The zero-order valence-electron chi connectivity index (χ0n) is 10.0. The Morgan fingerprint density at radius 2 is 2.44 bits per heavy atom. The van der Waals surface area contributed by atoms with Crippen molar-refractivity contribution in [3.8, 4) is 0 Å². The lowest BCUT2D eigenvalue weighted by Gasteiger charge is -2.19. The zero-order chi connectivity index (χ0) is 11.4. The number of ether oxygens (including phenoxy) is 1. The van der Waals surface area contributed by atoms with Crippen LogP contribution in [0.3, 0.4) is 0 Å². The molecule has 5 nitrogen and oxygen atoms in total. The van der Waals surface area contributed by atoms with Gasteiger partial charge in [-0.3, -0.25) is 0 Å². The van der Waals surface area contributed by atoms with Gasteiger partial charge in [-0.15, -0.1) is 0 Å². The standard InChI is InChI=1S/C11H20N4O/c1-3-15-11(13-8-14-15)7-12-9-5-4-6-10(9)16-2/h8-10,12H,3-7H2,1-2H3. The molecule has 0 aliphatic heterocycles. The highest BCUT2D eigenvalue weighted by Crippen LogP contribution is 2.21. The monoisotopic (exact) mass is 224 g/mol. The topological polar surface area (TPSA) is 52.0 Å². The maximum atomic E-state index is 5.44. The highest BCUT2D eigenvalue weighted by Gasteiger charge is 2.26. The van der Waals surface area contributed by atoms with Gasteiger partial charge in [0.15, 0.2) is 0 Å². The minimum Gasteiger partial charge on any atom is -0.380 e. The molecule has 1 N–H and O–H groups in total. The molecule has 90 valence electrons. The highest BCUT2D eigenvalue weighted by molar-refractivity contribution is 4.89. The van der Waals surface area contributed by atoms with E-state index in [-0.39, 0.29) is 0 Å². The summed E-state index contributed by atoms with van der Waals surface area (Å²) < 4.78 is 7.37. The van der Waals surface area contributed by atoms with Crippen molar-refractivity contribution in [2.24, 2.45) is 0 Å². The van der Waals surface area contributed by atoms with Crippen LogP contribution in [0.2, 0.25) is 0 Å². The Hall–Kier alpha value is -0.940. The molecular weight excluding hydrogens is 204 g/mol. The van der Waals surface area contributed by atoms with E-state index in [1.165, 1.54) is 12.8 Å². The van der Waals surface area contributed by atoms with Crippen molar-refractivity contribution in [1.82, 2.24) is 20.1 Å². The van der Waals surface area contributed by atoms with Gasteiger partial charge in [-0.25, -0.2) is 9.67 Å². The first-order valence-corrected chi connectivity index (χ1v) is 5.98. The fourth-order valence-corrected chi connectivity index (χ4v) is 2.35. The largest absolute Gasteiger partial charge is 0.380 e. The van der Waals surface area contributed by atoms with Crippen molar-refractivity contribution in [1.29, 1.82) is 0 Å². The highest BCUT2D eigenvalue weighted by atomic mass is 16.5. The Balaban J connectivity index is 1.87. The average molecular weight is 224 g/mol. The van der Waals surface area contributed by atoms with E-state index in [2.05, 4.69) is 22.3 Å². The number of rotatable bonds is 5. The summed E-state index contributed by atoms with van der Waals surface area (Å²) >= 11 is 0. The lowest BCUT2D eigenvalue weighted by molar-refractivity contribution is 0.0844. The Morgan fingerprint density at radius 1 is 1.56 bits per heavy atom. The zero-order valence-corrected chi connectivity index (χ0v) is 10.0. The predicted octanol–water partition coefficient (Wildman–Crippen LogP) is 0.955. The molecule has 0 spiro atoms. The number of nitrogens with zero attached hydrogens (tertiary/aromatic N) is 3. The van der Waals surface area contributed by atoms with Gasteiger partial charge in [0.25, 0.3) is 0 Å². The molecule has 2 unspecified atom stereocenters. The minimum absolute atomic E-state index is 0.359. The fraction of sp³-hybridized carbons (Fsp3) is 0.818. The molecule has 1 aromatic heterocycles. The van der Waals surface area contributed by atoms with Crippen LogP contribution in [0.4, 0.5) is 0 Å². The molecule has 16 heavy (non-hydrogen) atoms. The summed E-state index contributed by atoms with van der Waals surface area (Å²) in [7, 11) is 1.79. The van der Waals surface area contributed by atoms with Gasteiger partial charge < -0.3 is 10.1 Å². The van der Waals surface area contributed by atoms with E-state index in [4.69, 9.17) is 4.74 Å². The Labute approximate surface area is 96.2 Å². The van der Waals surface area contributed by atoms with Crippen LogP contribution < -0.4 is 5.32 Å². The molecule has 2 atom stereocenters. The van der Waals surface area contributed by atoms with Crippen LogP contribution in [0.1, 0.15) is 32.0 Å². The number of nitrogens with one attached hydrogen (secondary N) is 1. The van der Waals surface area contributed by atoms with E-state index in [1.54, 1.807) is 13.4 Å². The molecule has 0 bridgehead atoms. The summed E-state index contributed by atoms with van der Waals surface area (Å²) in [5, 5.41) is 7.66. The molecule has 1 heterocycles. The van der Waals surface area contributed by atoms with Crippen molar-refractivity contribution in [3.05, 3.63) is 12.2 Å². The summed E-state index contributed by atoms with van der Waals surface area (Å²) in [4.78, 5) is 4.25.